The summed E-state index contributed by atoms with van der Waals surface area (Å²) in [6, 6.07) is 1.72. The molecule has 100 valence electrons. The van der Waals surface area contributed by atoms with Crippen LogP contribution >= 0.6 is 0 Å². The number of carbonyl (C=O) groups is 1. The van der Waals surface area contributed by atoms with Gasteiger partial charge in [-0.05, 0) is 18.4 Å². The molecule has 7 nitrogen and oxygen atoms in total. The summed E-state index contributed by atoms with van der Waals surface area (Å²) >= 11 is 0. The van der Waals surface area contributed by atoms with Crippen molar-refractivity contribution in [3.05, 3.63) is 35.7 Å². The zero-order valence-corrected chi connectivity index (χ0v) is 10.8. The van der Waals surface area contributed by atoms with Gasteiger partial charge in [0.05, 0.1) is 5.69 Å². The Labute approximate surface area is 110 Å². The van der Waals surface area contributed by atoms with Crippen LogP contribution in [0.3, 0.4) is 0 Å². The molecule has 2 aromatic rings. The number of aromatic nitrogens is 5. The SMILES string of the molecule is CC(C)Cc1c(C(=O)O)nnn1Cc1ncccn1. The molecule has 0 radical (unpaired) electrons. The van der Waals surface area contributed by atoms with E-state index in [0.29, 0.717) is 30.4 Å². The van der Waals surface area contributed by atoms with Gasteiger partial charge in [-0.1, -0.05) is 19.1 Å². The smallest absolute Gasteiger partial charge is 0.358 e. The molecule has 0 aliphatic heterocycles. The van der Waals surface area contributed by atoms with E-state index in [-0.39, 0.29) is 5.69 Å². The number of nitrogens with zero attached hydrogens (tertiary/aromatic N) is 5. The molecule has 2 aromatic heterocycles. The second-order valence-corrected chi connectivity index (χ2v) is 4.61. The van der Waals surface area contributed by atoms with Gasteiger partial charge in [0.25, 0.3) is 0 Å². The van der Waals surface area contributed by atoms with Crippen molar-refractivity contribution in [2.45, 2.75) is 26.8 Å². The summed E-state index contributed by atoms with van der Waals surface area (Å²) in [4.78, 5) is 19.3. The molecule has 0 saturated heterocycles. The van der Waals surface area contributed by atoms with Crippen LogP contribution in [0.4, 0.5) is 0 Å². The number of hydrogen-bond donors (Lipinski definition) is 1. The van der Waals surface area contributed by atoms with E-state index in [9.17, 15) is 4.79 Å². The fourth-order valence-electron chi connectivity index (χ4n) is 1.76. The zero-order valence-electron chi connectivity index (χ0n) is 10.8. The Morgan fingerprint density at radius 3 is 2.63 bits per heavy atom. The highest BCUT2D eigenvalue weighted by Crippen LogP contribution is 2.12. The van der Waals surface area contributed by atoms with E-state index in [1.165, 1.54) is 0 Å². The van der Waals surface area contributed by atoms with Crippen molar-refractivity contribution in [1.29, 1.82) is 0 Å². The molecule has 0 aromatic carbocycles. The van der Waals surface area contributed by atoms with Crippen LogP contribution in [0.5, 0.6) is 0 Å². The average Bonchev–Trinajstić information content (AvgIpc) is 2.73. The lowest BCUT2D eigenvalue weighted by atomic mass is 10.1. The maximum absolute atomic E-state index is 11.1. The molecule has 1 N–H and O–H groups in total. The molecule has 0 unspecified atom stereocenters. The highest BCUT2D eigenvalue weighted by atomic mass is 16.4. The van der Waals surface area contributed by atoms with Crippen LogP contribution in [0.25, 0.3) is 0 Å². The Balaban J connectivity index is 2.32. The highest BCUT2D eigenvalue weighted by molar-refractivity contribution is 5.86. The zero-order chi connectivity index (χ0) is 13.8. The second kappa shape index (κ2) is 5.55. The molecule has 2 heterocycles. The molecule has 7 heteroatoms. The summed E-state index contributed by atoms with van der Waals surface area (Å²) in [6.45, 7) is 4.35. The third-order valence-corrected chi connectivity index (χ3v) is 2.55. The largest absolute Gasteiger partial charge is 0.476 e. The summed E-state index contributed by atoms with van der Waals surface area (Å²) in [7, 11) is 0. The summed E-state index contributed by atoms with van der Waals surface area (Å²) in [5.74, 6) is -0.169. The van der Waals surface area contributed by atoms with Gasteiger partial charge in [0.15, 0.2) is 5.69 Å². The van der Waals surface area contributed by atoms with E-state index in [1.54, 1.807) is 23.1 Å². The number of aromatic carboxylic acids is 1. The quantitative estimate of drug-likeness (QED) is 0.863. The minimum absolute atomic E-state index is 0.00429. The molecule has 0 spiro atoms. The summed E-state index contributed by atoms with van der Waals surface area (Å²) in [6.07, 6.45) is 3.88. The standard InChI is InChI=1S/C12H15N5O2/c1-8(2)6-9-11(12(18)19)15-16-17(9)7-10-13-4-3-5-14-10/h3-5,8H,6-7H2,1-2H3,(H,18,19). The maximum Gasteiger partial charge on any atom is 0.358 e. The van der Waals surface area contributed by atoms with Crippen LogP contribution in [0, 0.1) is 5.92 Å². The molecule has 0 atom stereocenters. The van der Waals surface area contributed by atoms with Crippen LogP contribution < -0.4 is 0 Å². The van der Waals surface area contributed by atoms with Crippen LogP contribution in [0.15, 0.2) is 18.5 Å². The molecule has 0 aliphatic rings. The normalized spacial score (nSPS) is 10.9. The minimum Gasteiger partial charge on any atom is -0.476 e. The van der Waals surface area contributed by atoms with Gasteiger partial charge >= 0.3 is 5.97 Å². The Kier molecular flexibility index (Phi) is 3.84. The van der Waals surface area contributed by atoms with Crippen LogP contribution in [-0.4, -0.2) is 36.0 Å². The van der Waals surface area contributed by atoms with Gasteiger partial charge in [-0.25, -0.2) is 19.4 Å². The van der Waals surface area contributed by atoms with Crippen molar-refractivity contribution >= 4 is 5.97 Å². The average molecular weight is 261 g/mol. The minimum atomic E-state index is -1.06. The van der Waals surface area contributed by atoms with E-state index in [2.05, 4.69) is 20.3 Å². The van der Waals surface area contributed by atoms with Gasteiger partial charge in [-0.2, -0.15) is 0 Å². The van der Waals surface area contributed by atoms with E-state index in [4.69, 9.17) is 5.11 Å². The molecule has 0 saturated carbocycles. The Hall–Kier alpha value is -2.31. The first-order valence-electron chi connectivity index (χ1n) is 5.99. The topological polar surface area (TPSA) is 93.8 Å². The Morgan fingerprint density at radius 1 is 1.37 bits per heavy atom. The van der Waals surface area contributed by atoms with Crippen molar-refractivity contribution in [2.75, 3.05) is 0 Å². The van der Waals surface area contributed by atoms with Crippen LogP contribution in [0.2, 0.25) is 0 Å². The van der Waals surface area contributed by atoms with Crippen molar-refractivity contribution in [3.63, 3.8) is 0 Å². The van der Waals surface area contributed by atoms with Crippen molar-refractivity contribution < 1.29 is 9.90 Å². The van der Waals surface area contributed by atoms with Crippen molar-refractivity contribution in [2.24, 2.45) is 5.92 Å². The number of carboxylic acid groups (broad SMARTS) is 1. The number of rotatable bonds is 5. The Morgan fingerprint density at radius 2 is 2.05 bits per heavy atom. The third kappa shape index (κ3) is 3.12. The molecule has 2 rings (SSSR count). The van der Waals surface area contributed by atoms with Gasteiger partial charge in [-0.3, -0.25) is 0 Å². The molecule has 0 bridgehead atoms. The molecule has 19 heavy (non-hydrogen) atoms. The van der Waals surface area contributed by atoms with Crippen LogP contribution in [0.1, 0.15) is 35.9 Å². The number of carboxylic acids is 1. The van der Waals surface area contributed by atoms with E-state index in [0.717, 1.165) is 0 Å². The molecule has 0 fully saturated rings. The summed E-state index contributed by atoms with van der Waals surface area (Å²) in [5, 5.41) is 16.7. The lowest BCUT2D eigenvalue weighted by molar-refractivity contribution is 0.0689. The van der Waals surface area contributed by atoms with E-state index in [1.807, 2.05) is 13.8 Å². The van der Waals surface area contributed by atoms with Gasteiger partial charge in [0, 0.05) is 12.4 Å². The lowest BCUT2D eigenvalue weighted by Crippen LogP contribution is -2.13. The second-order valence-electron chi connectivity index (χ2n) is 4.61. The predicted molar refractivity (Wildman–Crippen MR) is 66.7 cm³/mol. The first-order valence-corrected chi connectivity index (χ1v) is 5.99. The third-order valence-electron chi connectivity index (χ3n) is 2.55. The van der Waals surface area contributed by atoms with E-state index >= 15 is 0 Å². The lowest BCUT2D eigenvalue weighted by Gasteiger charge is -2.08. The summed E-state index contributed by atoms with van der Waals surface area (Å²) in [5.41, 5.74) is 0.611. The van der Waals surface area contributed by atoms with Crippen molar-refractivity contribution in [3.8, 4) is 0 Å². The van der Waals surface area contributed by atoms with Crippen molar-refractivity contribution in [1.82, 2.24) is 25.0 Å². The summed E-state index contributed by atoms with van der Waals surface area (Å²) < 4.78 is 1.55. The molecule has 0 aliphatic carbocycles. The highest BCUT2D eigenvalue weighted by Gasteiger charge is 2.20. The predicted octanol–water partition coefficient (Wildman–Crippen LogP) is 1.01. The fraction of sp³-hybridized carbons (Fsp3) is 0.417. The first kappa shape index (κ1) is 13.1. The molecular weight excluding hydrogens is 246 g/mol. The maximum atomic E-state index is 11.1. The van der Waals surface area contributed by atoms with Gasteiger partial charge < -0.3 is 5.11 Å². The monoisotopic (exact) mass is 261 g/mol. The number of hydrogen-bond acceptors (Lipinski definition) is 5. The molecule has 0 amide bonds. The van der Waals surface area contributed by atoms with Gasteiger partial charge in [0.1, 0.15) is 12.4 Å². The van der Waals surface area contributed by atoms with Crippen LogP contribution in [-0.2, 0) is 13.0 Å². The van der Waals surface area contributed by atoms with Gasteiger partial charge in [0.2, 0.25) is 0 Å². The van der Waals surface area contributed by atoms with Gasteiger partial charge in [-0.15, -0.1) is 5.10 Å². The van der Waals surface area contributed by atoms with E-state index < -0.39 is 5.97 Å². The first-order chi connectivity index (χ1) is 9.08. The Bertz CT molecular complexity index is 565. The molecular formula is C12H15N5O2. The fourth-order valence-corrected chi connectivity index (χ4v) is 1.76.